The first-order valence-electron chi connectivity index (χ1n) is 17.0. The van der Waals surface area contributed by atoms with Gasteiger partial charge in [-0.3, -0.25) is 19.4 Å². The van der Waals surface area contributed by atoms with Gasteiger partial charge in [-0.15, -0.1) is 11.8 Å². The second-order valence-electron chi connectivity index (χ2n) is 13.9. The van der Waals surface area contributed by atoms with E-state index in [0.29, 0.717) is 58.1 Å². The minimum absolute atomic E-state index is 0.0371. The van der Waals surface area contributed by atoms with Gasteiger partial charge in [-0.25, -0.2) is 4.79 Å². The lowest BCUT2D eigenvalue weighted by Gasteiger charge is -2.62. The number of phenolic OH excluding ortho intramolecular Hbond substituents is 1. The van der Waals surface area contributed by atoms with E-state index in [1.807, 2.05) is 31.9 Å². The quantitative estimate of drug-likeness (QED) is 0.268. The van der Waals surface area contributed by atoms with Crippen LogP contribution in [0.2, 0.25) is 0 Å². The Morgan fingerprint density at radius 1 is 1.12 bits per heavy atom. The molecule has 4 N–H and O–H groups in total. The molecule has 0 aliphatic carbocycles. The van der Waals surface area contributed by atoms with Crippen molar-refractivity contribution in [1.82, 2.24) is 20.4 Å². The van der Waals surface area contributed by atoms with E-state index in [-0.39, 0.29) is 36.9 Å². The third-order valence-electron chi connectivity index (χ3n) is 11.2. The number of rotatable bonds is 4. The van der Waals surface area contributed by atoms with E-state index in [4.69, 9.17) is 23.7 Å². The number of phenols is 1. The van der Waals surface area contributed by atoms with Crippen LogP contribution in [0.5, 0.6) is 28.7 Å². The number of fused-ring (bicyclic) bond motifs is 10. The monoisotopic (exact) mass is 710 g/mol. The summed E-state index contributed by atoms with van der Waals surface area (Å²) in [4.78, 5) is 43.8. The summed E-state index contributed by atoms with van der Waals surface area (Å²) in [6.45, 7) is 5.51. The first-order chi connectivity index (χ1) is 24.0. The molecule has 3 saturated heterocycles. The maximum Gasteiger partial charge on any atom is 0.329 e. The topological polar surface area (TPSA) is 168 Å². The number of benzene rings is 2. The fourth-order valence-electron chi connectivity index (χ4n) is 9.06. The molecule has 4 bridgehead atoms. The number of hydrogen-bond donors (Lipinski definition) is 4. The molecule has 7 aliphatic heterocycles. The van der Waals surface area contributed by atoms with E-state index in [1.165, 1.54) is 25.8 Å². The summed E-state index contributed by atoms with van der Waals surface area (Å²) in [5.41, 5.74) is 4.26. The highest BCUT2D eigenvalue weighted by Crippen LogP contribution is 2.63. The van der Waals surface area contributed by atoms with Gasteiger partial charge >= 0.3 is 11.9 Å². The van der Waals surface area contributed by atoms with Crippen molar-refractivity contribution in [3.8, 4) is 28.7 Å². The molecule has 3 fully saturated rings. The molecule has 0 radical (unpaired) electrons. The molecule has 0 saturated carbocycles. The number of likely N-dealkylation sites (N-methyl/N-ethyl adjacent to an activating group) is 1. The normalized spacial score (nSPS) is 31.3. The number of hydrogen-bond acceptors (Lipinski definition) is 14. The van der Waals surface area contributed by atoms with Gasteiger partial charge in [0.05, 0.1) is 36.5 Å². The van der Waals surface area contributed by atoms with Crippen LogP contribution < -0.4 is 29.6 Å². The van der Waals surface area contributed by atoms with E-state index in [2.05, 4.69) is 15.5 Å². The van der Waals surface area contributed by atoms with Crippen LogP contribution in [0.15, 0.2) is 6.07 Å². The van der Waals surface area contributed by atoms with Gasteiger partial charge in [0, 0.05) is 41.0 Å². The number of thioether (sulfide) groups is 1. The Morgan fingerprint density at radius 3 is 2.62 bits per heavy atom. The van der Waals surface area contributed by atoms with Crippen molar-refractivity contribution in [2.75, 3.05) is 39.9 Å². The highest BCUT2D eigenvalue weighted by atomic mass is 32.2. The van der Waals surface area contributed by atoms with Gasteiger partial charge in [-0.2, -0.15) is 0 Å². The first kappa shape index (κ1) is 33.4. The van der Waals surface area contributed by atoms with Crippen LogP contribution in [0.25, 0.3) is 0 Å². The van der Waals surface area contributed by atoms with E-state index in [0.717, 1.165) is 24.1 Å². The number of piperazine rings is 1. The first-order valence-corrected chi connectivity index (χ1v) is 18.1. The molecule has 268 valence electrons. The molecule has 1 amide bonds. The average molecular weight is 711 g/mol. The van der Waals surface area contributed by atoms with Crippen LogP contribution in [0, 0.1) is 13.8 Å². The number of esters is 2. The van der Waals surface area contributed by atoms with Crippen LogP contribution in [0.4, 0.5) is 0 Å². The molecular formula is C35H42N4O10S. The van der Waals surface area contributed by atoms with Gasteiger partial charge in [0.15, 0.2) is 23.0 Å². The summed E-state index contributed by atoms with van der Waals surface area (Å²) in [5.74, 6) is 0.369. The predicted octanol–water partition coefficient (Wildman–Crippen LogP) is 1.89. The third kappa shape index (κ3) is 4.95. The number of carbonyl (C=O) groups excluding carboxylic acids is 3. The zero-order chi connectivity index (χ0) is 35.2. The number of carbonyl (C=O) groups is 3. The summed E-state index contributed by atoms with van der Waals surface area (Å²) in [6, 6.07) is -1.52. The van der Waals surface area contributed by atoms with E-state index in [9.17, 15) is 24.6 Å². The van der Waals surface area contributed by atoms with Crippen molar-refractivity contribution < 1.29 is 48.3 Å². The number of aryl methyl sites for hydroxylation is 1. The molecule has 8 atom stereocenters. The summed E-state index contributed by atoms with van der Waals surface area (Å²) >= 11 is 1.40. The smallest absolute Gasteiger partial charge is 0.329 e. The second-order valence-corrected chi connectivity index (χ2v) is 15.1. The summed E-state index contributed by atoms with van der Waals surface area (Å²) in [5, 5.41) is 29.8. The van der Waals surface area contributed by atoms with Crippen LogP contribution in [-0.2, 0) is 25.5 Å². The van der Waals surface area contributed by atoms with E-state index < -0.39 is 53.6 Å². The van der Waals surface area contributed by atoms with Crippen LogP contribution in [-0.4, -0.2) is 108 Å². The average Bonchev–Trinajstić information content (AvgIpc) is 3.80. The highest BCUT2D eigenvalue weighted by Gasteiger charge is 2.60. The number of amides is 1. The SMILES string of the molecule is COc1c(C)cc2c(c1O)[C@@H]1[C@@H]3[C@@H]4SCC(NC(=O)[C@@H]5CCCN5)C(=O)OC[C@@H](c5c6c(c(C)c(OC(C)=O)c54)OCO6)N3[C@@H](O)[C@H](C2)N1C. The molecule has 7 heterocycles. The molecule has 7 aliphatic rings. The Labute approximate surface area is 293 Å². The summed E-state index contributed by atoms with van der Waals surface area (Å²) in [7, 11) is 3.47. The van der Waals surface area contributed by atoms with Gasteiger partial charge < -0.3 is 44.5 Å². The second kappa shape index (κ2) is 12.5. The van der Waals surface area contributed by atoms with Gasteiger partial charge in [0.25, 0.3) is 0 Å². The van der Waals surface area contributed by atoms with Crippen molar-refractivity contribution >= 4 is 29.6 Å². The fourth-order valence-corrected chi connectivity index (χ4v) is 10.6. The lowest BCUT2D eigenvalue weighted by Crippen LogP contribution is -2.69. The number of nitrogens with zero attached hydrogens (tertiary/aromatic N) is 2. The fraction of sp³-hybridized carbons (Fsp3) is 0.571. The number of methoxy groups -OCH3 is 1. The van der Waals surface area contributed by atoms with E-state index in [1.54, 1.807) is 0 Å². The Morgan fingerprint density at radius 2 is 1.90 bits per heavy atom. The van der Waals surface area contributed by atoms with Crippen molar-refractivity contribution in [2.24, 2.45) is 0 Å². The number of aliphatic hydroxyl groups is 1. The maximum absolute atomic E-state index is 13.7. The molecule has 2 aromatic carbocycles. The summed E-state index contributed by atoms with van der Waals surface area (Å²) in [6.07, 6.45) is 0.965. The molecular weight excluding hydrogens is 668 g/mol. The Bertz CT molecular complexity index is 1780. The Balaban J connectivity index is 1.34. The Kier molecular flexibility index (Phi) is 8.33. The van der Waals surface area contributed by atoms with Crippen LogP contribution >= 0.6 is 11.8 Å². The van der Waals surface area contributed by atoms with Crippen LogP contribution in [0.1, 0.15) is 70.5 Å². The number of aromatic hydroxyl groups is 1. The van der Waals surface area contributed by atoms with Gasteiger partial charge in [-0.05, 0) is 57.8 Å². The minimum atomic E-state index is -1.03. The molecule has 0 spiro atoms. The number of nitrogens with one attached hydrogen (secondary N) is 2. The molecule has 0 aromatic heterocycles. The van der Waals surface area contributed by atoms with Crippen molar-refractivity contribution in [3.63, 3.8) is 0 Å². The zero-order valence-electron chi connectivity index (χ0n) is 28.6. The van der Waals surface area contributed by atoms with Crippen molar-refractivity contribution in [3.05, 3.63) is 39.4 Å². The summed E-state index contributed by atoms with van der Waals surface area (Å²) < 4.78 is 29.8. The van der Waals surface area contributed by atoms with Gasteiger partial charge in [0.2, 0.25) is 12.7 Å². The van der Waals surface area contributed by atoms with Gasteiger partial charge in [0.1, 0.15) is 24.6 Å². The molecule has 9 rings (SSSR count). The van der Waals surface area contributed by atoms with Crippen LogP contribution in [0.3, 0.4) is 0 Å². The Hall–Kier alpha value is -3.76. The van der Waals surface area contributed by atoms with Gasteiger partial charge in [-0.1, -0.05) is 6.07 Å². The standard InChI is InChI=1S/C35H42N4O10S/c1-14-9-17-10-20-34(43)39-21-11-46-35(44)19(37-33(42)18-7-6-8-36-18)12-50-32(26(39)25(38(20)4)22(17)27(41)28(14)45-5)24-23(21)31-30(47-13-48-31)15(2)29(24)49-16(3)40/h9,18-21,25-26,32,34,36,41,43H,6-8,10-13H2,1-5H3,(H,37,42)/t18-,19?,20-,21-,25+,26+,32+,34-/m0/s1. The molecule has 1 unspecified atom stereocenters. The largest absolute Gasteiger partial charge is 0.504 e. The third-order valence-corrected chi connectivity index (χ3v) is 12.6. The molecule has 14 nitrogen and oxygen atoms in total. The molecule has 50 heavy (non-hydrogen) atoms. The maximum atomic E-state index is 13.7. The van der Waals surface area contributed by atoms with Crippen molar-refractivity contribution in [1.29, 1.82) is 0 Å². The predicted molar refractivity (Wildman–Crippen MR) is 179 cm³/mol. The number of aliphatic hydroxyl groups excluding tert-OH is 1. The molecule has 15 heteroatoms. The lowest BCUT2D eigenvalue weighted by atomic mass is 9.73. The zero-order valence-corrected chi connectivity index (χ0v) is 29.4. The lowest BCUT2D eigenvalue weighted by molar-refractivity contribution is -0.184. The minimum Gasteiger partial charge on any atom is -0.504 e. The van der Waals surface area contributed by atoms with E-state index >= 15 is 0 Å². The highest BCUT2D eigenvalue weighted by molar-refractivity contribution is 7.99. The number of ether oxygens (including phenoxy) is 5. The molecule has 2 aromatic rings. The van der Waals surface area contributed by atoms with Crippen molar-refractivity contribution in [2.45, 2.75) is 87.8 Å².